The van der Waals surface area contributed by atoms with Gasteiger partial charge in [-0.15, -0.1) is 11.6 Å². The smallest absolute Gasteiger partial charge is 0.309 e. The Hall–Kier alpha value is -1.92. The molecular weight excluding hydrogens is 388 g/mol. The molecule has 0 spiro atoms. The van der Waals surface area contributed by atoms with Gasteiger partial charge in [0.25, 0.3) is 5.92 Å². The molecule has 1 aliphatic heterocycles. The van der Waals surface area contributed by atoms with Gasteiger partial charge in [0, 0.05) is 31.5 Å². The highest BCUT2D eigenvalue weighted by Gasteiger charge is 2.31. The average Bonchev–Trinajstić information content (AvgIpc) is 2.61. The third-order valence-corrected chi connectivity index (χ3v) is 4.51. The van der Waals surface area contributed by atoms with Gasteiger partial charge in [0.1, 0.15) is 12.4 Å². The summed E-state index contributed by atoms with van der Waals surface area (Å²) >= 11 is 5.48. The van der Waals surface area contributed by atoms with E-state index in [4.69, 9.17) is 21.4 Å². The molecule has 1 saturated heterocycles. The van der Waals surface area contributed by atoms with E-state index in [9.17, 15) is 13.6 Å². The second-order valence-corrected chi connectivity index (χ2v) is 6.99. The van der Waals surface area contributed by atoms with Crippen LogP contribution in [0.4, 0.5) is 8.78 Å². The van der Waals surface area contributed by atoms with Crippen molar-refractivity contribution in [3.05, 3.63) is 59.9 Å². The number of halogens is 3. The van der Waals surface area contributed by atoms with Crippen molar-refractivity contribution in [2.45, 2.75) is 32.8 Å². The van der Waals surface area contributed by atoms with Gasteiger partial charge >= 0.3 is 5.97 Å². The van der Waals surface area contributed by atoms with Crippen LogP contribution in [0, 0.1) is 5.92 Å². The minimum Gasteiger partial charge on any atom is -0.489 e. The van der Waals surface area contributed by atoms with Crippen molar-refractivity contribution in [1.82, 2.24) is 4.90 Å². The van der Waals surface area contributed by atoms with Crippen LogP contribution in [0.25, 0.3) is 0 Å². The van der Waals surface area contributed by atoms with E-state index in [0.29, 0.717) is 30.3 Å². The van der Waals surface area contributed by atoms with E-state index in [-0.39, 0.29) is 18.1 Å². The van der Waals surface area contributed by atoms with Gasteiger partial charge in [-0.05, 0) is 43.7 Å². The summed E-state index contributed by atoms with van der Waals surface area (Å²) in [7, 11) is 0. The number of aliphatic carboxylic acids is 1. The van der Waals surface area contributed by atoms with E-state index in [0.717, 1.165) is 19.9 Å². The molecule has 0 atom stereocenters. The Kier molecular flexibility index (Phi) is 10.2. The first-order valence-corrected chi connectivity index (χ1v) is 9.64. The van der Waals surface area contributed by atoms with Crippen LogP contribution in [0.15, 0.2) is 48.8 Å². The van der Waals surface area contributed by atoms with Gasteiger partial charge in [-0.1, -0.05) is 24.8 Å². The Morgan fingerprint density at radius 3 is 2.64 bits per heavy atom. The van der Waals surface area contributed by atoms with Crippen LogP contribution in [0.5, 0.6) is 0 Å². The molecule has 1 aromatic rings. The van der Waals surface area contributed by atoms with E-state index >= 15 is 0 Å². The van der Waals surface area contributed by atoms with Crippen LogP contribution >= 0.6 is 11.6 Å². The van der Waals surface area contributed by atoms with Gasteiger partial charge in [-0.2, -0.15) is 0 Å². The number of carboxylic acid groups (broad SMARTS) is 1. The van der Waals surface area contributed by atoms with Crippen LogP contribution in [-0.2, 0) is 22.1 Å². The quantitative estimate of drug-likeness (QED) is 0.349. The van der Waals surface area contributed by atoms with Gasteiger partial charge in [-0.3, -0.25) is 4.79 Å². The Labute approximate surface area is 170 Å². The lowest BCUT2D eigenvalue weighted by atomic mass is 10.0. The monoisotopic (exact) mass is 415 g/mol. The largest absolute Gasteiger partial charge is 0.489 e. The van der Waals surface area contributed by atoms with Crippen molar-refractivity contribution >= 4 is 17.6 Å². The van der Waals surface area contributed by atoms with E-state index in [1.165, 1.54) is 12.1 Å². The molecule has 7 heteroatoms. The molecule has 1 aliphatic rings. The number of allylic oxidation sites excluding steroid dienone is 2. The van der Waals surface area contributed by atoms with Crippen molar-refractivity contribution in [3.63, 3.8) is 0 Å². The molecule has 1 aromatic carbocycles. The van der Waals surface area contributed by atoms with E-state index in [1.54, 1.807) is 24.3 Å². The predicted octanol–water partition coefficient (Wildman–Crippen LogP) is 5.04. The molecular formula is C21H28ClF2NO3. The van der Waals surface area contributed by atoms with Crippen molar-refractivity contribution in [3.8, 4) is 0 Å². The summed E-state index contributed by atoms with van der Waals surface area (Å²) in [5.74, 6) is -2.33. The Morgan fingerprint density at radius 2 is 2.14 bits per heavy atom. The minimum atomic E-state index is -2.82. The highest BCUT2D eigenvalue weighted by molar-refractivity contribution is 6.17. The van der Waals surface area contributed by atoms with Crippen LogP contribution in [0.2, 0.25) is 0 Å². The molecule has 28 heavy (non-hydrogen) atoms. The topological polar surface area (TPSA) is 49.8 Å². The zero-order chi connectivity index (χ0) is 21.2. The number of hydrogen-bond acceptors (Lipinski definition) is 3. The van der Waals surface area contributed by atoms with E-state index in [2.05, 4.69) is 11.5 Å². The highest BCUT2D eigenvalue weighted by Crippen LogP contribution is 2.27. The third kappa shape index (κ3) is 8.40. The molecule has 0 radical (unpaired) electrons. The number of ether oxygens (including phenoxy) is 1. The number of rotatable bonds is 9. The fourth-order valence-electron chi connectivity index (χ4n) is 2.55. The Morgan fingerprint density at radius 1 is 1.46 bits per heavy atom. The van der Waals surface area contributed by atoms with E-state index in [1.807, 2.05) is 6.92 Å². The molecule has 0 amide bonds. The molecule has 0 saturated carbocycles. The van der Waals surface area contributed by atoms with Gasteiger partial charge in [0.2, 0.25) is 0 Å². The number of carboxylic acids is 1. The summed E-state index contributed by atoms with van der Waals surface area (Å²) in [5.41, 5.74) is 0.712. The van der Waals surface area contributed by atoms with Crippen LogP contribution in [-0.4, -0.2) is 41.5 Å². The van der Waals surface area contributed by atoms with Crippen molar-refractivity contribution < 1.29 is 23.4 Å². The number of benzene rings is 1. The van der Waals surface area contributed by atoms with Gasteiger partial charge in [-0.25, -0.2) is 8.78 Å². The zero-order valence-electron chi connectivity index (χ0n) is 16.3. The normalized spacial score (nSPS) is 15.2. The molecule has 0 aromatic heterocycles. The summed E-state index contributed by atoms with van der Waals surface area (Å²) in [6.07, 6.45) is 4.30. The summed E-state index contributed by atoms with van der Waals surface area (Å²) in [5, 5.41) is 8.52. The average molecular weight is 416 g/mol. The first kappa shape index (κ1) is 24.1. The molecule has 2 rings (SSSR count). The maximum atomic E-state index is 13.1. The molecule has 156 valence electrons. The maximum Gasteiger partial charge on any atom is 0.309 e. The lowest BCUT2D eigenvalue weighted by Gasteiger charge is -2.36. The second-order valence-electron chi connectivity index (χ2n) is 6.61. The van der Waals surface area contributed by atoms with Crippen molar-refractivity contribution in [1.29, 1.82) is 0 Å². The number of carbonyl (C=O) groups is 1. The molecule has 0 aliphatic carbocycles. The summed E-state index contributed by atoms with van der Waals surface area (Å²) in [6, 6.07) is 6.23. The molecule has 1 heterocycles. The number of nitrogens with zero attached hydrogens (tertiary/aromatic N) is 1. The molecule has 0 unspecified atom stereocenters. The zero-order valence-corrected chi connectivity index (χ0v) is 17.1. The van der Waals surface area contributed by atoms with E-state index < -0.39 is 11.9 Å². The van der Waals surface area contributed by atoms with Gasteiger partial charge in [0.15, 0.2) is 0 Å². The maximum absolute atomic E-state index is 13.1. The third-order valence-electron chi connectivity index (χ3n) is 4.24. The number of alkyl halides is 3. The summed E-state index contributed by atoms with van der Waals surface area (Å²) in [6.45, 7) is 8.90. The molecule has 1 fully saturated rings. The standard InChI is InChI=1S/C14H16F2O.C7H12ClNO2/c1-4-13(5-2)17-10-11-7-6-8-12(9-11)14(3,15)16;8-2-1-3-9-4-6(5-9)7(10)11/h4-9H,1,10H2,2-3H3;6H,1-5H2,(H,10,11)/b13-5+;. The Bertz CT molecular complexity index is 668. The fraction of sp³-hybridized carbons (Fsp3) is 0.476. The highest BCUT2D eigenvalue weighted by atomic mass is 35.5. The second kappa shape index (κ2) is 11.8. The Balaban J connectivity index is 0.000000307. The first-order valence-electron chi connectivity index (χ1n) is 9.11. The molecule has 4 nitrogen and oxygen atoms in total. The minimum absolute atomic E-state index is 0.000712. The van der Waals surface area contributed by atoms with Crippen molar-refractivity contribution in [2.24, 2.45) is 5.92 Å². The van der Waals surface area contributed by atoms with Crippen LogP contribution in [0.1, 0.15) is 31.4 Å². The number of likely N-dealkylation sites (tertiary alicyclic amines) is 1. The summed E-state index contributed by atoms with van der Waals surface area (Å²) < 4.78 is 31.6. The predicted molar refractivity (Wildman–Crippen MR) is 108 cm³/mol. The lowest BCUT2D eigenvalue weighted by molar-refractivity contribution is -0.147. The molecule has 1 N–H and O–H groups in total. The van der Waals surface area contributed by atoms with Crippen molar-refractivity contribution in [2.75, 3.05) is 25.5 Å². The fourth-order valence-corrected chi connectivity index (χ4v) is 2.67. The van der Waals surface area contributed by atoms with Crippen LogP contribution < -0.4 is 0 Å². The first-order chi connectivity index (χ1) is 13.2. The van der Waals surface area contributed by atoms with Crippen LogP contribution in [0.3, 0.4) is 0 Å². The van der Waals surface area contributed by atoms with Gasteiger partial charge < -0.3 is 14.7 Å². The number of hydrogen-bond donors (Lipinski definition) is 1. The SMILES string of the molecule is C=C/C(=C\C)OCc1cccc(C(C)(F)F)c1.O=C(O)C1CN(CCCCl)C1. The molecule has 0 bridgehead atoms. The lowest BCUT2D eigenvalue weighted by Crippen LogP contribution is -2.50. The summed E-state index contributed by atoms with van der Waals surface area (Å²) in [4.78, 5) is 12.5. The van der Waals surface area contributed by atoms with Gasteiger partial charge in [0.05, 0.1) is 5.92 Å².